The summed E-state index contributed by atoms with van der Waals surface area (Å²) in [5.74, 6) is 2.08. The Morgan fingerprint density at radius 3 is 2.82 bits per heavy atom. The average molecular weight is 454 g/mol. The Morgan fingerprint density at radius 2 is 1.97 bits per heavy atom. The zero-order chi connectivity index (χ0) is 23.0. The van der Waals surface area contributed by atoms with Crippen molar-refractivity contribution >= 4 is 5.82 Å². The lowest BCUT2D eigenvalue weighted by Crippen LogP contribution is -2.13. The molecule has 1 unspecified atom stereocenters. The molecule has 1 aliphatic carbocycles. The van der Waals surface area contributed by atoms with E-state index in [4.69, 9.17) is 20.4 Å². The summed E-state index contributed by atoms with van der Waals surface area (Å²) in [5.41, 5.74) is 13.0. The normalized spacial score (nSPS) is 20.4. The van der Waals surface area contributed by atoms with Crippen molar-refractivity contribution in [3.63, 3.8) is 0 Å². The van der Waals surface area contributed by atoms with E-state index in [-0.39, 0.29) is 11.9 Å². The Bertz CT molecular complexity index is 1460. The molecule has 6 nitrogen and oxygen atoms in total. The number of hydrogen-bond acceptors (Lipinski definition) is 5. The summed E-state index contributed by atoms with van der Waals surface area (Å²) in [5, 5.41) is 0. The maximum absolute atomic E-state index is 14.4. The van der Waals surface area contributed by atoms with Gasteiger partial charge in [-0.15, -0.1) is 0 Å². The lowest BCUT2D eigenvalue weighted by Gasteiger charge is -2.25. The number of nitrogens with two attached hydrogens (primary N) is 1. The molecule has 1 aromatic carbocycles. The maximum atomic E-state index is 14.4. The Kier molecular flexibility index (Phi) is 4.13. The van der Waals surface area contributed by atoms with Gasteiger partial charge in [0.25, 0.3) is 0 Å². The zero-order valence-corrected chi connectivity index (χ0v) is 18.8. The first-order chi connectivity index (χ1) is 16.6. The molecule has 7 heteroatoms. The van der Waals surface area contributed by atoms with E-state index >= 15 is 0 Å². The number of anilines is 1. The molecular weight excluding hydrogens is 429 g/mol. The number of aryl methyl sites for hydroxylation is 1. The third kappa shape index (κ3) is 2.89. The first-order valence-corrected chi connectivity index (χ1v) is 11.9. The summed E-state index contributed by atoms with van der Waals surface area (Å²) >= 11 is 0. The van der Waals surface area contributed by atoms with Gasteiger partial charge in [-0.25, -0.2) is 14.4 Å². The Morgan fingerprint density at radius 1 is 1.09 bits per heavy atom. The van der Waals surface area contributed by atoms with Gasteiger partial charge in [-0.2, -0.15) is 0 Å². The Labute approximate surface area is 196 Å². The van der Waals surface area contributed by atoms with Crippen molar-refractivity contribution in [2.75, 3.05) is 5.73 Å². The van der Waals surface area contributed by atoms with Gasteiger partial charge in [0.15, 0.2) is 11.6 Å². The van der Waals surface area contributed by atoms with E-state index in [1.54, 1.807) is 12.3 Å². The van der Waals surface area contributed by atoms with E-state index < -0.39 is 6.10 Å². The minimum atomic E-state index is -0.453. The van der Waals surface area contributed by atoms with Gasteiger partial charge in [-0.05, 0) is 56.5 Å². The fraction of sp³-hybridized carbons (Fsp3) is 0.296. The molecule has 5 heterocycles. The van der Waals surface area contributed by atoms with Gasteiger partial charge in [0.2, 0.25) is 0 Å². The largest absolute Gasteiger partial charge is 0.482 e. The number of hydrogen-bond donors (Lipinski definition) is 1. The molecule has 0 radical (unpaired) electrons. The van der Waals surface area contributed by atoms with Crippen LogP contribution in [0, 0.1) is 5.82 Å². The van der Waals surface area contributed by atoms with E-state index in [0.717, 1.165) is 70.8 Å². The molecule has 2 atom stereocenters. The number of nitrogens with zero attached hydrogens (tertiary/aromatic N) is 4. The fourth-order valence-electron chi connectivity index (χ4n) is 5.56. The van der Waals surface area contributed by atoms with Gasteiger partial charge < -0.3 is 15.0 Å². The highest BCUT2D eigenvalue weighted by Gasteiger charge is 2.38. The second-order valence-corrected chi connectivity index (χ2v) is 9.50. The highest BCUT2D eigenvalue weighted by atomic mass is 19.1. The van der Waals surface area contributed by atoms with Crippen LogP contribution in [0.1, 0.15) is 66.9 Å². The monoisotopic (exact) mass is 453 g/mol. The first kappa shape index (κ1) is 19.7. The van der Waals surface area contributed by atoms with Crippen LogP contribution in [0.3, 0.4) is 0 Å². The molecule has 2 bridgehead atoms. The molecule has 3 aromatic heterocycles. The quantitative estimate of drug-likeness (QED) is 0.406. The number of fused-ring (bicyclic) bond motifs is 7. The molecule has 1 fully saturated rings. The van der Waals surface area contributed by atoms with Gasteiger partial charge in [-0.1, -0.05) is 6.07 Å². The highest BCUT2D eigenvalue weighted by Crippen LogP contribution is 2.49. The van der Waals surface area contributed by atoms with Crippen molar-refractivity contribution in [3.8, 4) is 28.3 Å². The summed E-state index contributed by atoms with van der Waals surface area (Å²) < 4.78 is 23.1. The number of benzene rings is 1. The van der Waals surface area contributed by atoms with Crippen molar-refractivity contribution in [2.45, 2.75) is 50.7 Å². The predicted molar refractivity (Wildman–Crippen MR) is 127 cm³/mol. The number of aromatic nitrogens is 4. The number of imidazole rings is 1. The molecule has 34 heavy (non-hydrogen) atoms. The number of nitrogen functional groups attached to an aromatic ring is 1. The smallest absolute Gasteiger partial charge is 0.166 e. The predicted octanol–water partition coefficient (Wildman–Crippen LogP) is 5.59. The van der Waals surface area contributed by atoms with Gasteiger partial charge in [0, 0.05) is 47.0 Å². The summed E-state index contributed by atoms with van der Waals surface area (Å²) in [4.78, 5) is 14.4. The van der Waals surface area contributed by atoms with Crippen molar-refractivity contribution in [1.29, 1.82) is 0 Å². The van der Waals surface area contributed by atoms with Gasteiger partial charge in [-0.3, -0.25) is 4.98 Å². The minimum absolute atomic E-state index is 0.0863. The van der Waals surface area contributed by atoms with Crippen LogP contribution in [-0.4, -0.2) is 19.5 Å². The standard InChI is InChI=1S/C27H24FN5O/c1-14-20-12-17(28)6-7-18(20)25-19(3-2-10-30-25)21-8-9-23-32-24(15-4-5-15)26(33(21)23)16-11-22(34-14)27(29)31-13-16/h2-3,6-7,10-15,21H,4-5,8-9H2,1H3,(H2,29,31)/t14-,21?/m1/s1. The van der Waals surface area contributed by atoms with E-state index in [1.807, 2.05) is 25.3 Å². The van der Waals surface area contributed by atoms with E-state index in [9.17, 15) is 4.39 Å². The van der Waals surface area contributed by atoms with E-state index in [0.29, 0.717) is 17.5 Å². The fourth-order valence-corrected chi connectivity index (χ4v) is 5.56. The lowest BCUT2D eigenvalue weighted by atomic mass is 9.93. The topological polar surface area (TPSA) is 78.9 Å². The van der Waals surface area contributed by atoms with Crippen LogP contribution < -0.4 is 10.5 Å². The highest BCUT2D eigenvalue weighted by molar-refractivity contribution is 5.72. The van der Waals surface area contributed by atoms with Crippen LogP contribution in [0.25, 0.3) is 22.5 Å². The molecule has 4 aromatic rings. The van der Waals surface area contributed by atoms with Crippen molar-refractivity contribution in [2.24, 2.45) is 0 Å². The van der Waals surface area contributed by atoms with Gasteiger partial charge in [0.1, 0.15) is 17.7 Å². The van der Waals surface area contributed by atoms with Crippen LogP contribution >= 0.6 is 0 Å². The molecule has 7 rings (SSSR count). The molecule has 1 saturated carbocycles. The molecular formula is C27H24FN5O. The third-order valence-electron chi connectivity index (χ3n) is 7.29. The summed E-state index contributed by atoms with van der Waals surface area (Å²) in [6.07, 6.45) is 7.33. The number of halogens is 1. The lowest BCUT2D eigenvalue weighted by molar-refractivity contribution is 0.227. The molecule has 2 N–H and O–H groups in total. The molecule has 0 saturated heterocycles. The summed E-state index contributed by atoms with van der Waals surface area (Å²) in [6.45, 7) is 1.91. The molecule has 170 valence electrons. The SMILES string of the molecule is C[C@H]1Oc2cc(cnc2N)-c2c(C3CC3)nc3n2C(CC3)c2cccnc2-c2ccc(F)cc21. The van der Waals surface area contributed by atoms with Gasteiger partial charge in [0.05, 0.1) is 23.1 Å². The van der Waals surface area contributed by atoms with Crippen molar-refractivity contribution < 1.29 is 9.13 Å². The zero-order valence-electron chi connectivity index (χ0n) is 18.8. The summed E-state index contributed by atoms with van der Waals surface area (Å²) in [6, 6.07) is 11.0. The maximum Gasteiger partial charge on any atom is 0.166 e. The Balaban J connectivity index is 1.56. The number of rotatable bonds is 1. The first-order valence-electron chi connectivity index (χ1n) is 11.9. The van der Waals surface area contributed by atoms with Crippen LogP contribution in [0.15, 0.2) is 48.8 Å². The second kappa shape index (κ2) is 7.13. The molecule has 0 spiro atoms. The van der Waals surface area contributed by atoms with E-state index in [2.05, 4.69) is 15.6 Å². The average Bonchev–Trinajstić information content (AvgIpc) is 3.50. The molecule has 3 aliphatic rings. The third-order valence-corrected chi connectivity index (χ3v) is 7.29. The molecule has 0 amide bonds. The Hall–Kier alpha value is -3.74. The van der Waals surface area contributed by atoms with Crippen LogP contribution in [0.2, 0.25) is 0 Å². The van der Waals surface area contributed by atoms with Crippen molar-refractivity contribution in [3.05, 3.63) is 77.3 Å². The van der Waals surface area contributed by atoms with E-state index in [1.165, 1.54) is 12.1 Å². The van der Waals surface area contributed by atoms with Crippen LogP contribution in [0.5, 0.6) is 5.75 Å². The molecule has 2 aliphatic heterocycles. The number of pyridine rings is 2. The van der Waals surface area contributed by atoms with Crippen molar-refractivity contribution in [1.82, 2.24) is 19.5 Å². The van der Waals surface area contributed by atoms with Crippen LogP contribution in [0.4, 0.5) is 10.2 Å². The van der Waals surface area contributed by atoms with Gasteiger partial charge >= 0.3 is 0 Å². The van der Waals surface area contributed by atoms with Crippen LogP contribution in [-0.2, 0) is 6.42 Å². The number of ether oxygens (including phenoxy) is 1. The minimum Gasteiger partial charge on any atom is -0.482 e. The second-order valence-electron chi connectivity index (χ2n) is 9.50. The summed E-state index contributed by atoms with van der Waals surface area (Å²) in [7, 11) is 0.